The number of pyridine rings is 1. The number of amides is 1. The van der Waals surface area contributed by atoms with Crippen molar-refractivity contribution in [2.45, 2.75) is 25.8 Å². The van der Waals surface area contributed by atoms with Gasteiger partial charge in [-0.25, -0.2) is 0 Å². The van der Waals surface area contributed by atoms with Gasteiger partial charge in [0, 0.05) is 24.5 Å². The molecule has 3 nitrogen and oxygen atoms in total. The Balaban J connectivity index is 1.80. The lowest BCUT2D eigenvalue weighted by molar-refractivity contribution is -0.119. The van der Waals surface area contributed by atoms with Crippen molar-refractivity contribution >= 4 is 11.6 Å². The molecule has 3 aromatic rings. The summed E-state index contributed by atoms with van der Waals surface area (Å²) in [7, 11) is 0. The van der Waals surface area contributed by atoms with Crippen molar-refractivity contribution in [1.82, 2.24) is 4.98 Å². The number of rotatable bonds is 6. The molecule has 1 heterocycles. The lowest BCUT2D eigenvalue weighted by Crippen LogP contribution is -2.31. The molecule has 3 rings (SSSR count). The second-order valence-electron chi connectivity index (χ2n) is 6.19. The minimum absolute atomic E-state index is 0.117. The molecule has 0 saturated carbocycles. The van der Waals surface area contributed by atoms with Gasteiger partial charge in [0.1, 0.15) is 0 Å². The van der Waals surface area contributed by atoms with Crippen LogP contribution in [-0.4, -0.2) is 10.9 Å². The Morgan fingerprint density at radius 1 is 0.960 bits per heavy atom. The van der Waals surface area contributed by atoms with Crippen molar-refractivity contribution in [2.75, 3.05) is 4.90 Å². The Morgan fingerprint density at radius 2 is 1.64 bits per heavy atom. The molecule has 0 N–H and O–H groups in total. The largest absolute Gasteiger partial charge is 0.308 e. The van der Waals surface area contributed by atoms with Crippen molar-refractivity contribution in [3.63, 3.8) is 0 Å². The Hall–Kier alpha value is -2.94. The molecule has 1 atom stereocenters. The summed E-state index contributed by atoms with van der Waals surface area (Å²) < 4.78 is 0. The van der Waals surface area contributed by atoms with Crippen LogP contribution in [0.5, 0.6) is 0 Å². The molecule has 0 aliphatic carbocycles. The number of anilines is 1. The minimum atomic E-state index is 0.117. The predicted octanol–water partition coefficient (Wildman–Crippen LogP) is 4.81. The van der Waals surface area contributed by atoms with Crippen LogP contribution in [0.1, 0.15) is 30.4 Å². The molecular formula is C22H22N2O. The van der Waals surface area contributed by atoms with Gasteiger partial charge in [0.15, 0.2) is 0 Å². The summed E-state index contributed by atoms with van der Waals surface area (Å²) in [6.45, 7) is 2.64. The molecule has 0 fully saturated rings. The van der Waals surface area contributed by atoms with Gasteiger partial charge in [-0.2, -0.15) is 0 Å². The van der Waals surface area contributed by atoms with Gasteiger partial charge in [-0.15, -0.1) is 0 Å². The Labute approximate surface area is 149 Å². The molecule has 1 unspecified atom stereocenters. The fourth-order valence-corrected chi connectivity index (χ4v) is 2.85. The van der Waals surface area contributed by atoms with Gasteiger partial charge in [0.2, 0.25) is 5.91 Å². The van der Waals surface area contributed by atoms with Crippen LogP contribution in [0.3, 0.4) is 0 Å². The van der Waals surface area contributed by atoms with Crippen LogP contribution in [0.25, 0.3) is 0 Å². The summed E-state index contributed by atoms with van der Waals surface area (Å²) in [5.74, 6) is 0.245. The summed E-state index contributed by atoms with van der Waals surface area (Å²) >= 11 is 0. The fraction of sp³-hybridized carbons (Fsp3) is 0.182. The van der Waals surface area contributed by atoms with E-state index in [2.05, 4.69) is 11.9 Å². The highest BCUT2D eigenvalue weighted by molar-refractivity contribution is 5.93. The number of benzene rings is 2. The molecule has 0 bridgehead atoms. The standard InChI is InChI=1S/C22H22N2O/c1-18(20-11-8-14-23-16-20)15-22(25)24(21-12-6-3-7-13-21)17-19-9-4-2-5-10-19/h2-14,16,18H,15,17H2,1H3. The molecule has 0 aliphatic rings. The van der Waals surface area contributed by atoms with Crippen molar-refractivity contribution in [2.24, 2.45) is 0 Å². The minimum Gasteiger partial charge on any atom is -0.308 e. The maximum Gasteiger partial charge on any atom is 0.227 e. The SMILES string of the molecule is CC(CC(=O)N(Cc1ccccc1)c1ccccc1)c1cccnc1. The van der Waals surface area contributed by atoms with Crippen molar-refractivity contribution in [3.05, 3.63) is 96.3 Å². The number of hydrogen-bond donors (Lipinski definition) is 0. The topological polar surface area (TPSA) is 33.2 Å². The molecule has 2 aromatic carbocycles. The number of hydrogen-bond acceptors (Lipinski definition) is 2. The van der Waals surface area contributed by atoms with E-state index in [4.69, 9.17) is 0 Å². The zero-order chi connectivity index (χ0) is 17.5. The lowest BCUT2D eigenvalue weighted by atomic mass is 9.98. The van der Waals surface area contributed by atoms with Gasteiger partial charge in [-0.05, 0) is 35.2 Å². The summed E-state index contributed by atoms with van der Waals surface area (Å²) in [5.41, 5.74) is 3.13. The molecule has 25 heavy (non-hydrogen) atoms. The van der Waals surface area contributed by atoms with Gasteiger partial charge in [-0.1, -0.05) is 61.5 Å². The van der Waals surface area contributed by atoms with Crippen LogP contribution in [0.15, 0.2) is 85.2 Å². The highest BCUT2D eigenvalue weighted by atomic mass is 16.2. The molecule has 1 amide bonds. The van der Waals surface area contributed by atoms with E-state index in [-0.39, 0.29) is 11.8 Å². The Bertz CT molecular complexity index is 788. The number of aromatic nitrogens is 1. The number of nitrogens with zero attached hydrogens (tertiary/aromatic N) is 2. The third kappa shape index (κ3) is 4.54. The maximum absolute atomic E-state index is 13.0. The number of carbonyl (C=O) groups excluding carboxylic acids is 1. The van der Waals surface area contributed by atoms with E-state index < -0.39 is 0 Å². The average molecular weight is 330 g/mol. The second kappa shape index (κ2) is 8.25. The molecule has 0 spiro atoms. The normalized spacial score (nSPS) is 11.7. The first kappa shape index (κ1) is 16.9. The summed E-state index contributed by atoms with van der Waals surface area (Å²) in [6, 6.07) is 23.9. The van der Waals surface area contributed by atoms with E-state index in [0.29, 0.717) is 13.0 Å². The first-order chi connectivity index (χ1) is 12.2. The zero-order valence-corrected chi connectivity index (χ0v) is 14.4. The Morgan fingerprint density at radius 3 is 2.28 bits per heavy atom. The molecule has 0 radical (unpaired) electrons. The highest BCUT2D eigenvalue weighted by Gasteiger charge is 2.19. The van der Waals surface area contributed by atoms with E-state index in [0.717, 1.165) is 16.8 Å². The van der Waals surface area contributed by atoms with Crippen LogP contribution >= 0.6 is 0 Å². The maximum atomic E-state index is 13.0. The van der Waals surface area contributed by atoms with E-state index in [1.165, 1.54) is 0 Å². The van der Waals surface area contributed by atoms with Gasteiger partial charge in [-0.3, -0.25) is 9.78 Å². The predicted molar refractivity (Wildman–Crippen MR) is 101 cm³/mol. The van der Waals surface area contributed by atoms with Crippen molar-refractivity contribution in [1.29, 1.82) is 0 Å². The fourth-order valence-electron chi connectivity index (χ4n) is 2.85. The van der Waals surface area contributed by atoms with E-state index in [1.807, 2.05) is 83.9 Å². The second-order valence-corrected chi connectivity index (χ2v) is 6.19. The third-order valence-corrected chi connectivity index (χ3v) is 4.29. The number of para-hydroxylation sites is 1. The van der Waals surface area contributed by atoms with Crippen LogP contribution in [-0.2, 0) is 11.3 Å². The highest BCUT2D eigenvalue weighted by Crippen LogP contribution is 2.23. The van der Waals surface area contributed by atoms with Crippen LogP contribution in [0, 0.1) is 0 Å². The van der Waals surface area contributed by atoms with Gasteiger partial charge >= 0.3 is 0 Å². The molecule has 3 heteroatoms. The van der Waals surface area contributed by atoms with Crippen molar-refractivity contribution < 1.29 is 4.79 Å². The van der Waals surface area contributed by atoms with Gasteiger partial charge < -0.3 is 4.90 Å². The van der Waals surface area contributed by atoms with Crippen LogP contribution in [0.4, 0.5) is 5.69 Å². The first-order valence-corrected chi connectivity index (χ1v) is 8.53. The van der Waals surface area contributed by atoms with Crippen LogP contribution in [0.2, 0.25) is 0 Å². The molecular weight excluding hydrogens is 308 g/mol. The molecule has 1 aromatic heterocycles. The molecule has 0 saturated heterocycles. The van der Waals surface area contributed by atoms with Crippen molar-refractivity contribution in [3.8, 4) is 0 Å². The zero-order valence-electron chi connectivity index (χ0n) is 14.4. The molecule has 126 valence electrons. The smallest absolute Gasteiger partial charge is 0.227 e. The monoisotopic (exact) mass is 330 g/mol. The summed E-state index contributed by atoms with van der Waals surface area (Å²) in [6.07, 6.45) is 4.04. The van der Waals surface area contributed by atoms with E-state index in [9.17, 15) is 4.79 Å². The quantitative estimate of drug-likeness (QED) is 0.650. The van der Waals surface area contributed by atoms with E-state index in [1.54, 1.807) is 6.20 Å². The lowest BCUT2D eigenvalue weighted by Gasteiger charge is -2.24. The molecule has 0 aliphatic heterocycles. The average Bonchev–Trinajstić information content (AvgIpc) is 2.68. The van der Waals surface area contributed by atoms with Gasteiger partial charge in [0.25, 0.3) is 0 Å². The number of carbonyl (C=O) groups is 1. The third-order valence-electron chi connectivity index (χ3n) is 4.29. The summed E-state index contributed by atoms with van der Waals surface area (Å²) in [4.78, 5) is 19.1. The summed E-state index contributed by atoms with van der Waals surface area (Å²) in [5, 5.41) is 0. The van der Waals surface area contributed by atoms with E-state index >= 15 is 0 Å². The first-order valence-electron chi connectivity index (χ1n) is 8.53. The van der Waals surface area contributed by atoms with Crippen LogP contribution < -0.4 is 4.90 Å². The van der Waals surface area contributed by atoms with Gasteiger partial charge in [0.05, 0.1) is 6.54 Å². The Kier molecular flexibility index (Phi) is 5.57.